The highest BCUT2D eigenvalue weighted by Gasteiger charge is 2.11. The fourth-order valence-corrected chi connectivity index (χ4v) is 2.05. The van der Waals surface area contributed by atoms with Gasteiger partial charge in [-0.25, -0.2) is 9.97 Å². The van der Waals surface area contributed by atoms with E-state index in [-0.39, 0.29) is 17.4 Å². The quantitative estimate of drug-likeness (QED) is 0.799. The largest absolute Gasteiger partial charge is 0.382 e. The number of benzene rings is 1. The predicted octanol–water partition coefficient (Wildman–Crippen LogP) is 3.04. The topological polar surface area (TPSA) is 80.9 Å². The Hall–Kier alpha value is -2.43. The van der Waals surface area contributed by atoms with E-state index in [1.165, 1.54) is 37.2 Å². The number of amides is 1. The number of rotatable bonds is 6. The molecule has 0 aliphatic carbocycles. The molecular weight excluding hydrogens is 264 g/mol. The summed E-state index contributed by atoms with van der Waals surface area (Å²) in [5.74, 6) is -0.217. The number of carbonyl (C=O) groups excluding carboxylic acids is 1. The molecule has 0 saturated heterocycles. The molecule has 110 valence electrons. The van der Waals surface area contributed by atoms with Crippen LogP contribution in [-0.2, 0) is 6.42 Å². The summed E-state index contributed by atoms with van der Waals surface area (Å²) >= 11 is 0. The number of hydrogen-bond acceptors (Lipinski definition) is 4. The first-order valence-corrected chi connectivity index (χ1v) is 7.17. The molecule has 2 aromatic rings. The zero-order chi connectivity index (χ0) is 15.1. The number of hydrogen-bond donors (Lipinski definition) is 2. The van der Waals surface area contributed by atoms with Gasteiger partial charge in [0.25, 0.3) is 5.91 Å². The van der Waals surface area contributed by atoms with E-state index in [9.17, 15) is 4.79 Å². The Balaban J connectivity index is 1.97. The number of nitrogen functional groups attached to an aromatic ring is 1. The van der Waals surface area contributed by atoms with Crippen molar-refractivity contribution in [2.45, 2.75) is 32.6 Å². The van der Waals surface area contributed by atoms with Crippen molar-refractivity contribution in [1.29, 1.82) is 0 Å². The van der Waals surface area contributed by atoms with Crippen molar-refractivity contribution in [1.82, 2.24) is 9.97 Å². The number of aromatic nitrogens is 2. The van der Waals surface area contributed by atoms with Crippen LogP contribution in [0.1, 0.15) is 42.2 Å². The Labute approximate surface area is 124 Å². The summed E-state index contributed by atoms with van der Waals surface area (Å²) in [5.41, 5.74) is 7.78. The van der Waals surface area contributed by atoms with Crippen LogP contribution in [0.5, 0.6) is 0 Å². The van der Waals surface area contributed by atoms with Crippen LogP contribution >= 0.6 is 0 Å². The summed E-state index contributed by atoms with van der Waals surface area (Å²) in [4.78, 5) is 19.8. The summed E-state index contributed by atoms with van der Waals surface area (Å²) in [6.07, 6.45) is 7.62. The van der Waals surface area contributed by atoms with E-state index in [0.29, 0.717) is 0 Å². The smallest absolute Gasteiger partial charge is 0.278 e. The lowest BCUT2D eigenvalue weighted by Gasteiger charge is -2.07. The number of nitrogens with zero attached hydrogens (tertiary/aromatic N) is 2. The Morgan fingerprint density at radius 1 is 1.14 bits per heavy atom. The lowest BCUT2D eigenvalue weighted by Crippen LogP contribution is -2.16. The van der Waals surface area contributed by atoms with Gasteiger partial charge in [-0.3, -0.25) is 4.79 Å². The monoisotopic (exact) mass is 284 g/mol. The van der Waals surface area contributed by atoms with Crippen molar-refractivity contribution in [2.24, 2.45) is 0 Å². The van der Waals surface area contributed by atoms with Gasteiger partial charge in [0.2, 0.25) is 0 Å². The van der Waals surface area contributed by atoms with Crippen molar-refractivity contribution in [3.05, 3.63) is 47.9 Å². The van der Waals surface area contributed by atoms with Crippen molar-refractivity contribution in [2.75, 3.05) is 11.1 Å². The highest BCUT2D eigenvalue weighted by molar-refractivity contribution is 6.05. The number of aryl methyl sites for hydroxylation is 1. The summed E-state index contributed by atoms with van der Waals surface area (Å²) in [6.45, 7) is 2.19. The maximum absolute atomic E-state index is 12.0. The van der Waals surface area contributed by atoms with Gasteiger partial charge >= 0.3 is 0 Å². The fraction of sp³-hybridized carbons (Fsp3) is 0.312. The molecule has 1 heterocycles. The molecule has 5 heteroatoms. The summed E-state index contributed by atoms with van der Waals surface area (Å²) in [5, 5.41) is 2.77. The Morgan fingerprint density at radius 2 is 1.86 bits per heavy atom. The SMILES string of the molecule is CCCCCc1ccc(NC(=O)c2nccnc2N)cc1. The zero-order valence-electron chi connectivity index (χ0n) is 12.2. The van der Waals surface area contributed by atoms with Crippen molar-refractivity contribution in [3.8, 4) is 0 Å². The van der Waals surface area contributed by atoms with E-state index in [1.54, 1.807) is 0 Å². The normalized spacial score (nSPS) is 10.3. The summed E-state index contributed by atoms with van der Waals surface area (Å²) < 4.78 is 0. The van der Waals surface area contributed by atoms with Crippen LogP contribution in [0.4, 0.5) is 11.5 Å². The highest BCUT2D eigenvalue weighted by atomic mass is 16.1. The van der Waals surface area contributed by atoms with Crippen LogP contribution in [0, 0.1) is 0 Å². The standard InChI is InChI=1S/C16H20N4O/c1-2-3-4-5-12-6-8-13(9-7-12)20-16(21)14-15(17)19-11-10-18-14/h6-11H,2-5H2,1H3,(H2,17,19)(H,20,21). The maximum Gasteiger partial charge on any atom is 0.278 e. The molecule has 0 spiro atoms. The molecule has 0 atom stereocenters. The number of nitrogens with two attached hydrogens (primary N) is 1. The van der Waals surface area contributed by atoms with Gasteiger partial charge in [0, 0.05) is 18.1 Å². The van der Waals surface area contributed by atoms with Gasteiger partial charge in [-0.05, 0) is 30.5 Å². The zero-order valence-corrected chi connectivity index (χ0v) is 12.2. The first-order chi connectivity index (χ1) is 10.2. The second-order valence-corrected chi connectivity index (χ2v) is 4.90. The van der Waals surface area contributed by atoms with Crippen LogP contribution in [0.15, 0.2) is 36.7 Å². The molecule has 0 aliphatic heterocycles. The van der Waals surface area contributed by atoms with E-state index in [0.717, 1.165) is 12.1 Å². The lowest BCUT2D eigenvalue weighted by atomic mass is 10.1. The maximum atomic E-state index is 12.0. The van der Waals surface area contributed by atoms with Crippen LogP contribution < -0.4 is 11.1 Å². The van der Waals surface area contributed by atoms with Crippen LogP contribution in [-0.4, -0.2) is 15.9 Å². The molecule has 2 rings (SSSR count). The third-order valence-corrected chi connectivity index (χ3v) is 3.22. The number of unbranched alkanes of at least 4 members (excludes halogenated alkanes) is 2. The average molecular weight is 284 g/mol. The third kappa shape index (κ3) is 4.27. The number of carbonyl (C=O) groups is 1. The lowest BCUT2D eigenvalue weighted by molar-refractivity contribution is 0.102. The van der Waals surface area contributed by atoms with Gasteiger partial charge in [-0.1, -0.05) is 31.9 Å². The average Bonchev–Trinajstić information content (AvgIpc) is 2.49. The Morgan fingerprint density at radius 3 is 2.52 bits per heavy atom. The van der Waals surface area contributed by atoms with Crippen molar-refractivity contribution >= 4 is 17.4 Å². The first-order valence-electron chi connectivity index (χ1n) is 7.17. The van der Waals surface area contributed by atoms with E-state index < -0.39 is 0 Å². The Kier molecular flexibility index (Phi) is 5.26. The predicted molar refractivity (Wildman–Crippen MR) is 84.1 cm³/mol. The minimum Gasteiger partial charge on any atom is -0.382 e. The van der Waals surface area contributed by atoms with Gasteiger partial charge in [0.05, 0.1) is 0 Å². The van der Waals surface area contributed by atoms with E-state index in [1.807, 2.05) is 24.3 Å². The van der Waals surface area contributed by atoms with Gasteiger partial charge in [0.1, 0.15) is 0 Å². The molecule has 0 fully saturated rings. The van der Waals surface area contributed by atoms with Gasteiger partial charge in [-0.15, -0.1) is 0 Å². The Bertz CT molecular complexity index is 595. The van der Waals surface area contributed by atoms with E-state index >= 15 is 0 Å². The van der Waals surface area contributed by atoms with Gasteiger partial charge in [0.15, 0.2) is 11.5 Å². The molecule has 1 aromatic heterocycles. The van der Waals surface area contributed by atoms with Crippen LogP contribution in [0.25, 0.3) is 0 Å². The second-order valence-electron chi connectivity index (χ2n) is 4.90. The van der Waals surface area contributed by atoms with Crippen molar-refractivity contribution < 1.29 is 4.79 Å². The summed E-state index contributed by atoms with van der Waals surface area (Å²) in [7, 11) is 0. The minimum absolute atomic E-state index is 0.131. The molecule has 21 heavy (non-hydrogen) atoms. The summed E-state index contributed by atoms with van der Waals surface area (Å²) in [6, 6.07) is 7.86. The highest BCUT2D eigenvalue weighted by Crippen LogP contribution is 2.14. The fourth-order valence-electron chi connectivity index (χ4n) is 2.05. The molecular formula is C16H20N4O. The first kappa shape index (κ1) is 15.0. The van der Waals surface area contributed by atoms with Gasteiger partial charge in [-0.2, -0.15) is 0 Å². The molecule has 0 saturated carbocycles. The van der Waals surface area contributed by atoms with Gasteiger partial charge < -0.3 is 11.1 Å². The van der Waals surface area contributed by atoms with Crippen molar-refractivity contribution in [3.63, 3.8) is 0 Å². The molecule has 3 N–H and O–H groups in total. The van der Waals surface area contributed by atoms with E-state index in [2.05, 4.69) is 22.2 Å². The second kappa shape index (κ2) is 7.38. The molecule has 5 nitrogen and oxygen atoms in total. The van der Waals surface area contributed by atoms with E-state index in [4.69, 9.17) is 5.73 Å². The van der Waals surface area contributed by atoms with Crippen LogP contribution in [0.2, 0.25) is 0 Å². The minimum atomic E-state index is -0.348. The molecule has 0 radical (unpaired) electrons. The van der Waals surface area contributed by atoms with Crippen LogP contribution in [0.3, 0.4) is 0 Å². The molecule has 1 amide bonds. The molecule has 0 unspecified atom stereocenters. The molecule has 1 aromatic carbocycles. The number of nitrogens with one attached hydrogen (secondary N) is 1. The molecule has 0 aliphatic rings. The third-order valence-electron chi connectivity index (χ3n) is 3.22. The molecule has 0 bridgehead atoms. The number of anilines is 2.